The summed E-state index contributed by atoms with van der Waals surface area (Å²) in [6.45, 7) is 2.29. The van der Waals surface area contributed by atoms with Crippen molar-refractivity contribution in [3.63, 3.8) is 0 Å². The van der Waals surface area contributed by atoms with E-state index in [9.17, 15) is 4.79 Å². The van der Waals surface area contributed by atoms with Crippen molar-refractivity contribution in [2.75, 3.05) is 19.5 Å². The molecule has 0 aliphatic heterocycles. The van der Waals surface area contributed by atoms with Crippen molar-refractivity contribution in [2.24, 2.45) is 4.99 Å². The second-order valence-corrected chi connectivity index (χ2v) is 7.10. The molecule has 3 rings (SSSR count). The number of anilines is 1. The van der Waals surface area contributed by atoms with E-state index >= 15 is 0 Å². The molecule has 8 heteroatoms. The van der Waals surface area contributed by atoms with Gasteiger partial charge in [0.25, 0.3) is 5.91 Å². The summed E-state index contributed by atoms with van der Waals surface area (Å²) in [5.41, 5.74) is 3.02. The Bertz CT molecular complexity index is 1070. The summed E-state index contributed by atoms with van der Waals surface area (Å²) >= 11 is 6.14. The average molecular weight is 439 g/mol. The van der Waals surface area contributed by atoms with Gasteiger partial charge >= 0.3 is 0 Å². The molecule has 0 radical (unpaired) electrons. The number of hydrogen-bond acceptors (Lipinski definition) is 5. The zero-order valence-electron chi connectivity index (χ0n) is 17.5. The number of carbonyl (C=O) groups excluding carboxylic acids is 1. The van der Waals surface area contributed by atoms with Crippen LogP contribution in [0.2, 0.25) is 5.02 Å². The molecule has 0 spiro atoms. The zero-order valence-corrected chi connectivity index (χ0v) is 18.2. The molecule has 2 aromatic carbocycles. The number of methoxy groups -OCH3 is 2. The van der Waals surface area contributed by atoms with E-state index in [1.54, 1.807) is 42.7 Å². The molecule has 0 bridgehead atoms. The van der Waals surface area contributed by atoms with Crippen LogP contribution in [0, 0.1) is 6.92 Å². The van der Waals surface area contributed by atoms with Gasteiger partial charge in [0.2, 0.25) is 5.96 Å². The van der Waals surface area contributed by atoms with Crippen molar-refractivity contribution in [1.29, 1.82) is 0 Å². The SMILES string of the molecule is COc1cc(OC)cc(C(=O)NC(=NCc2ccncc2)Nc2cc(Cl)ccc2C)c1. The lowest BCUT2D eigenvalue weighted by molar-refractivity contribution is 0.0976. The number of ether oxygens (including phenoxy) is 2. The summed E-state index contributed by atoms with van der Waals surface area (Å²) in [6, 6.07) is 14.1. The summed E-state index contributed by atoms with van der Waals surface area (Å²) in [4.78, 5) is 21.5. The van der Waals surface area contributed by atoms with E-state index in [1.165, 1.54) is 14.2 Å². The van der Waals surface area contributed by atoms with E-state index in [-0.39, 0.29) is 11.9 Å². The first kappa shape index (κ1) is 22.1. The van der Waals surface area contributed by atoms with Crippen molar-refractivity contribution < 1.29 is 14.3 Å². The number of amides is 1. The third kappa shape index (κ3) is 6.20. The number of aromatic nitrogens is 1. The van der Waals surface area contributed by atoms with Gasteiger partial charge in [-0.1, -0.05) is 17.7 Å². The smallest absolute Gasteiger partial charge is 0.258 e. The van der Waals surface area contributed by atoms with Crippen LogP contribution in [0.25, 0.3) is 0 Å². The molecule has 0 fully saturated rings. The van der Waals surface area contributed by atoms with Crippen LogP contribution in [0.5, 0.6) is 11.5 Å². The van der Waals surface area contributed by atoms with Crippen molar-refractivity contribution in [2.45, 2.75) is 13.5 Å². The number of aliphatic imine (C=N–C) groups is 1. The fourth-order valence-electron chi connectivity index (χ4n) is 2.74. The number of aryl methyl sites for hydroxylation is 1. The summed E-state index contributed by atoms with van der Waals surface area (Å²) in [6.07, 6.45) is 3.39. The number of carbonyl (C=O) groups is 1. The van der Waals surface area contributed by atoms with E-state index in [2.05, 4.69) is 20.6 Å². The summed E-state index contributed by atoms with van der Waals surface area (Å²) < 4.78 is 10.5. The number of nitrogens with one attached hydrogen (secondary N) is 2. The largest absolute Gasteiger partial charge is 0.497 e. The topological polar surface area (TPSA) is 84.8 Å². The lowest BCUT2D eigenvalue weighted by Crippen LogP contribution is -2.36. The van der Waals surface area contributed by atoms with Crippen LogP contribution >= 0.6 is 11.6 Å². The number of halogens is 1. The molecule has 1 amide bonds. The molecule has 0 saturated heterocycles. The summed E-state index contributed by atoms with van der Waals surface area (Å²) in [5, 5.41) is 6.58. The number of benzene rings is 2. The quantitative estimate of drug-likeness (QED) is 0.438. The highest BCUT2D eigenvalue weighted by Gasteiger charge is 2.13. The van der Waals surface area contributed by atoms with Gasteiger partial charge in [-0.2, -0.15) is 0 Å². The Morgan fingerprint density at radius 1 is 1.03 bits per heavy atom. The molecular weight excluding hydrogens is 416 g/mol. The van der Waals surface area contributed by atoms with E-state index in [0.29, 0.717) is 28.6 Å². The number of guanidine groups is 1. The Hall–Kier alpha value is -3.58. The lowest BCUT2D eigenvalue weighted by atomic mass is 10.2. The van der Waals surface area contributed by atoms with E-state index in [4.69, 9.17) is 21.1 Å². The molecule has 160 valence electrons. The third-order valence-corrected chi connectivity index (χ3v) is 4.70. The molecule has 0 unspecified atom stereocenters. The van der Waals surface area contributed by atoms with Gasteiger partial charge in [0.05, 0.1) is 20.8 Å². The summed E-state index contributed by atoms with van der Waals surface area (Å²) in [7, 11) is 3.06. The van der Waals surface area contributed by atoms with Gasteiger partial charge in [-0.15, -0.1) is 0 Å². The minimum absolute atomic E-state index is 0.286. The fraction of sp³-hybridized carbons (Fsp3) is 0.174. The van der Waals surface area contributed by atoms with Crippen molar-refractivity contribution >= 4 is 29.2 Å². The molecule has 2 N–H and O–H groups in total. The maximum atomic E-state index is 13.0. The van der Waals surface area contributed by atoms with Crippen LogP contribution in [-0.2, 0) is 6.54 Å². The van der Waals surface area contributed by atoms with E-state index in [0.717, 1.165) is 16.8 Å². The summed E-state index contributed by atoms with van der Waals surface area (Å²) in [5.74, 6) is 0.948. The first-order valence-electron chi connectivity index (χ1n) is 9.49. The number of hydrogen-bond donors (Lipinski definition) is 2. The predicted octanol–water partition coefficient (Wildman–Crippen LogP) is 4.46. The monoisotopic (exact) mass is 438 g/mol. The molecule has 1 aromatic heterocycles. The molecule has 0 saturated carbocycles. The normalized spacial score (nSPS) is 11.0. The highest BCUT2D eigenvalue weighted by Crippen LogP contribution is 2.23. The number of rotatable bonds is 6. The lowest BCUT2D eigenvalue weighted by Gasteiger charge is -2.15. The molecule has 1 heterocycles. The molecule has 7 nitrogen and oxygen atoms in total. The second-order valence-electron chi connectivity index (χ2n) is 6.66. The van der Waals surface area contributed by atoms with Gasteiger partial charge in [-0.25, -0.2) is 4.99 Å². The van der Waals surface area contributed by atoms with Gasteiger partial charge in [-0.05, 0) is 54.4 Å². The molecule has 0 atom stereocenters. The third-order valence-electron chi connectivity index (χ3n) is 4.47. The zero-order chi connectivity index (χ0) is 22.2. The standard InChI is InChI=1S/C23H23ClN4O3/c1-15-4-5-18(24)12-21(15)27-23(26-14-16-6-8-25-9-7-16)28-22(29)17-10-19(30-2)13-20(11-17)31-3/h4-13H,14H2,1-3H3,(H2,26,27,28,29). The predicted molar refractivity (Wildman–Crippen MR) is 122 cm³/mol. The molecular formula is C23H23ClN4O3. The Kier molecular flexibility index (Phi) is 7.45. The maximum absolute atomic E-state index is 13.0. The van der Waals surface area contributed by atoms with Crippen molar-refractivity contribution in [1.82, 2.24) is 10.3 Å². The van der Waals surface area contributed by atoms with Crippen LogP contribution in [0.15, 0.2) is 65.9 Å². The Morgan fingerprint density at radius 2 is 1.71 bits per heavy atom. The maximum Gasteiger partial charge on any atom is 0.258 e. The van der Waals surface area contributed by atoms with Gasteiger partial charge in [0.15, 0.2) is 0 Å². The van der Waals surface area contributed by atoms with E-state index in [1.807, 2.05) is 25.1 Å². The Labute approximate surface area is 186 Å². The minimum atomic E-state index is -0.363. The van der Waals surface area contributed by atoms with Gasteiger partial charge < -0.3 is 14.8 Å². The van der Waals surface area contributed by atoms with Gasteiger partial charge in [-0.3, -0.25) is 15.1 Å². The van der Waals surface area contributed by atoms with Crippen LogP contribution in [0.4, 0.5) is 5.69 Å². The van der Waals surface area contributed by atoms with Gasteiger partial charge in [0.1, 0.15) is 11.5 Å². The first-order chi connectivity index (χ1) is 15.0. The highest BCUT2D eigenvalue weighted by atomic mass is 35.5. The molecule has 0 aliphatic rings. The number of pyridine rings is 1. The van der Waals surface area contributed by atoms with Crippen molar-refractivity contribution in [3.8, 4) is 11.5 Å². The average Bonchev–Trinajstić information content (AvgIpc) is 2.80. The molecule has 3 aromatic rings. The van der Waals surface area contributed by atoms with Crippen LogP contribution < -0.4 is 20.1 Å². The minimum Gasteiger partial charge on any atom is -0.497 e. The van der Waals surface area contributed by atoms with Crippen molar-refractivity contribution in [3.05, 3.63) is 82.6 Å². The van der Waals surface area contributed by atoms with E-state index < -0.39 is 0 Å². The second kappa shape index (κ2) is 10.4. The van der Waals surface area contributed by atoms with Gasteiger partial charge in [0, 0.05) is 34.7 Å². The first-order valence-corrected chi connectivity index (χ1v) is 9.87. The number of nitrogens with zero attached hydrogens (tertiary/aromatic N) is 2. The highest BCUT2D eigenvalue weighted by molar-refractivity contribution is 6.31. The van der Waals surface area contributed by atoms with Crippen LogP contribution in [0.1, 0.15) is 21.5 Å². The Balaban J connectivity index is 1.88. The Morgan fingerprint density at radius 3 is 2.35 bits per heavy atom. The molecule has 0 aliphatic carbocycles. The molecule has 31 heavy (non-hydrogen) atoms. The van der Waals surface area contributed by atoms with Crippen LogP contribution in [-0.4, -0.2) is 31.1 Å². The van der Waals surface area contributed by atoms with Crippen LogP contribution in [0.3, 0.4) is 0 Å². The fourth-order valence-corrected chi connectivity index (χ4v) is 2.92.